The van der Waals surface area contributed by atoms with E-state index in [-0.39, 0.29) is 35.8 Å². The van der Waals surface area contributed by atoms with Gasteiger partial charge in [0, 0.05) is 105 Å². The molecule has 4 aliphatic heterocycles. The van der Waals surface area contributed by atoms with Crippen LogP contribution in [0.1, 0.15) is 69.8 Å². The van der Waals surface area contributed by atoms with Crippen molar-refractivity contribution < 1.29 is 29.9 Å². The number of phenols is 2. The van der Waals surface area contributed by atoms with Gasteiger partial charge in [-0.05, 0) is 76.1 Å². The second-order valence-electron chi connectivity index (χ2n) is 16.3. The number of hydrogen-bond donors (Lipinski definition) is 4. The molecule has 2 aromatic carbocycles. The third kappa shape index (κ3) is 3.77. The Bertz CT molecular complexity index is 2180. The molecule has 0 saturated carbocycles. The van der Waals surface area contributed by atoms with Crippen LogP contribution in [0.25, 0.3) is 0 Å². The van der Waals surface area contributed by atoms with Crippen LogP contribution in [0, 0.1) is 0 Å². The Balaban J connectivity index is 0.000000124. The van der Waals surface area contributed by atoms with Crippen LogP contribution in [-0.2, 0) is 50.6 Å². The van der Waals surface area contributed by atoms with Crippen LogP contribution in [0.2, 0.25) is 0 Å². The molecular weight excluding hydrogens is 890 g/mol. The Hall–Kier alpha value is -2.64. The second-order valence-corrected chi connectivity index (χ2v) is 16.3. The van der Waals surface area contributed by atoms with E-state index < -0.39 is 22.0 Å². The van der Waals surface area contributed by atoms with Crippen molar-refractivity contribution in [2.75, 3.05) is 27.2 Å². The van der Waals surface area contributed by atoms with Gasteiger partial charge in [-0.15, -0.1) is 0 Å². The van der Waals surface area contributed by atoms with Gasteiger partial charge in [0.25, 0.3) is 0 Å². The van der Waals surface area contributed by atoms with E-state index in [1.54, 1.807) is 12.1 Å². The van der Waals surface area contributed by atoms with Crippen molar-refractivity contribution in [2.24, 2.45) is 14.1 Å². The maximum absolute atomic E-state index is 12.1. The first-order valence-electron chi connectivity index (χ1n) is 18.0. The Morgan fingerprint density at radius 2 is 1.25 bits per heavy atom. The first-order chi connectivity index (χ1) is 24.9. The Labute approximate surface area is 325 Å². The number of hydrogen-bond acceptors (Lipinski definition) is 10. The van der Waals surface area contributed by atoms with E-state index in [9.17, 15) is 20.4 Å². The van der Waals surface area contributed by atoms with Gasteiger partial charge in [-0.2, -0.15) is 10.2 Å². The first kappa shape index (κ1) is 33.9. The predicted octanol–water partition coefficient (Wildman–Crippen LogP) is 3.86. The van der Waals surface area contributed by atoms with Gasteiger partial charge in [-0.25, -0.2) is 0 Å². The number of fused-ring (bicyclic) bond motifs is 4. The molecular formula is C38H42I2N6O6. The molecule has 2 saturated heterocycles. The van der Waals surface area contributed by atoms with Crippen molar-refractivity contribution in [3.63, 3.8) is 0 Å². The molecule has 8 atom stereocenters. The highest BCUT2D eigenvalue weighted by molar-refractivity contribution is 15.0. The second kappa shape index (κ2) is 11.0. The fourth-order valence-corrected chi connectivity index (χ4v) is 12.3. The van der Waals surface area contributed by atoms with Crippen LogP contribution in [0.4, 0.5) is 0 Å². The molecule has 2 aromatic heterocycles. The summed E-state index contributed by atoms with van der Waals surface area (Å²) in [5.74, 6) is 1.46. The molecule has 12 nitrogen and oxygen atoms in total. The lowest BCUT2D eigenvalue weighted by Gasteiger charge is -2.62. The zero-order chi connectivity index (χ0) is 36.3. The number of aromatic hydroxyl groups is 2. The summed E-state index contributed by atoms with van der Waals surface area (Å²) >= 11 is 4.24. The molecule has 4 bridgehead atoms. The maximum atomic E-state index is 12.1. The standard InChI is InChI=1S/2C19H21N3O3.I2/c1-21-6-5-18-14-10-3-4-12(23)16(14)25-17(18)15-11(9-22(2)20-15)8-19(18,24)13(21)7-10;1-21-6-5-18-14-10-3-4-12(23)16(14)25-17(18)15-11(9-20-22(15)2)8-19(18,24)13(21)7-10;1-2/h2*3-4,9,13,17,23-24H,5-8H2,1-2H3;. The highest BCUT2D eigenvalue weighted by Gasteiger charge is 2.74. The lowest BCUT2D eigenvalue weighted by molar-refractivity contribution is -0.168. The van der Waals surface area contributed by atoms with Crippen LogP contribution < -0.4 is 9.47 Å². The minimum absolute atomic E-state index is 0.0451. The van der Waals surface area contributed by atoms with Gasteiger partial charge >= 0.3 is 0 Å². The van der Waals surface area contributed by atoms with Gasteiger partial charge in [0.2, 0.25) is 0 Å². The first-order valence-corrected chi connectivity index (χ1v) is 24.3. The molecule has 0 radical (unpaired) electrons. The number of likely N-dealkylation sites (N-methyl/N-ethyl adjacent to an activating group) is 2. The third-order valence-electron chi connectivity index (χ3n) is 14.4. The number of aryl methyl sites for hydroxylation is 2. The molecule has 4 aliphatic carbocycles. The molecule has 0 amide bonds. The summed E-state index contributed by atoms with van der Waals surface area (Å²) in [6.45, 7) is 1.82. The number of aliphatic hydroxyl groups is 2. The van der Waals surface area contributed by atoms with Gasteiger partial charge in [0.1, 0.15) is 5.69 Å². The zero-order valence-corrected chi connectivity index (χ0v) is 33.8. The van der Waals surface area contributed by atoms with E-state index in [0.29, 0.717) is 24.3 Å². The summed E-state index contributed by atoms with van der Waals surface area (Å²) < 4.78 is 16.4. The molecule has 4 N–H and O–H groups in total. The van der Waals surface area contributed by atoms with Crippen LogP contribution >= 0.6 is 37.2 Å². The Morgan fingerprint density at radius 1 is 0.731 bits per heavy atom. The summed E-state index contributed by atoms with van der Waals surface area (Å²) in [5, 5.41) is 54.2. The van der Waals surface area contributed by atoms with Gasteiger partial charge in [-0.1, -0.05) is 12.1 Å². The molecule has 4 aromatic rings. The van der Waals surface area contributed by atoms with Crippen molar-refractivity contribution in [2.45, 2.75) is 84.8 Å². The number of piperidine rings is 2. The van der Waals surface area contributed by atoms with Crippen LogP contribution in [0.15, 0.2) is 36.7 Å². The molecule has 14 heteroatoms. The third-order valence-corrected chi connectivity index (χ3v) is 14.4. The van der Waals surface area contributed by atoms with E-state index in [4.69, 9.17) is 9.47 Å². The lowest BCUT2D eigenvalue weighted by atomic mass is 9.49. The number of aromatic nitrogens is 4. The van der Waals surface area contributed by atoms with Gasteiger partial charge in [0.05, 0.1) is 33.9 Å². The highest BCUT2D eigenvalue weighted by atomic mass is 128. The van der Waals surface area contributed by atoms with E-state index in [0.717, 1.165) is 72.4 Å². The topological polar surface area (TPSA) is 142 Å². The number of ether oxygens (including phenoxy) is 2. The summed E-state index contributed by atoms with van der Waals surface area (Å²) in [6, 6.07) is 7.55. The number of benzene rings is 2. The molecule has 274 valence electrons. The Morgan fingerprint density at radius 3 is 1.83 bits per heavy atom. The van der Waals surface area contributed by atoms with E-state index >= 15 is 0 Å². The van der Waals surface area contributed by atoms with Crippen molar-refractivity contribution in [1.82, 2.24) is 29.4 Å². The number of rotatable bonds is 0. The molecule has 8 unspecified atom stereocenters. The molecule has 2 spiro atoms. The van der Waals surface area contributed by atoms with E-state index in [1.807, 2.05) is 48.0 Å². The smallest absolute Gasteiger partial charge is 0.166 e. The van der Waals surface area contributed by atoms with Gasteiger partial charge in [-0.3, -0.25) is 9.36 Å². The highest BCUT2D eigenvalue weighted by Crippen LogP contribution is 2.70. The van der Waals surface area contributed by atoms with Crippen LogP contribution in [0.5, 0.6) is 23.0 Å². The molecule has 12 rings (SSSR count). The maximum Gasteiger partial charge on any atom is 0.166 e. The number of halogens is 2. The molecule has 6 heterocycles. The summed E-state index contributed by atoms with van der Waals surface area (Å²) in [4.78, 5) is 4.58. The Kier molecular flexibility index (Phi) is 7.16. The van der Waals surface area contributed by atoms with Gasteiger partial charge in [0.15, 0.2) is 35.2 Å². The molecule has 52 heavy (non-hydrogen) atoms. The lowest BCUT2D eigenvalue weighted by Crippen LogP contribution is -2.73. The minimum atomic E-state index is -0.910. The van der Waals surface area contributed by atoms with E-state index in [2.05, 4.69) is 71.3 Å². The molecule has 2 fully saturated rings. The minimum Gasteiger partial charge on any atom is -0.504 e. The quantitative estimate of drug-likeness (QED) is 0.192. The van der Waals surface area contributed by atoms with Crippen LogP contribution in [-0.4, -0.2) is 100 Å². The average molecular weight is 933 g/mol. The number of phenolic OH excluding ortho intramolecular Hbond substituents is 2. The average Bonchev–Trinajstić information content (AvgIpc) is 3.86. The van der Waals surface area contributed by atoms with E-state index in [1.165, 1.54) is 11.1 Å². The van der Waals surface area contributed by atoms with Crippen molar-refractivity contribution in [3.8, 4) is 23.0 Å². The SMILES string of the molecule is CN1CCC23c4c5ccc(O)c4OC2c2c(cnn2C)CC3(O)C1C5.CN1CCC23c4c5ccc(O)c4OC2c2nn(C)cc2CC3(O)C1C5.II. The van der Waals surface area contributed by atoms with Crippen molar-refractivity contribution in [3.05, 3.63) is 81.4 Å². The fourth-order valence-electron chi connectivity index (χ4n) is 12.3. The monoisotopic (exact) mass is 932 g/mol. The summed E-state index contributed by atoms with van der Waals surface area (Å²) in [6.07, 6.45) is 7.57. The fraction of sp³-hybridized carbons (Fsp3) is 0.526. The van der Waals surface area contributed by atoms with Crippen molar-refractivity contribution in [1.29, 1.82) is 0 Å². The summed E-state index contributed by atoms with van der Waals surface area (Å²) in [5.41, 5.74) is 5.67. The predicted molar refractivity (Wildman–Crippen MR) is 208 cm³/mol. The van der Waals surface area contributed by atoms with Crippen LogP contribution in [0.3, 0.4) is 0 Å². The normalized spacial score (nSPS) is 36.1. The largest absolute Gasteiger partial charge is 0.504 e. The number of likely N-dealkylation sites (tertiary alicyclic amines) is 2. The molecule has 8 aliphatic rings. The number of nitrogens with zero attached hydrogens (tertiary/aromatic N) is 6. The summed E-state index contributed by atoms with van der Waals surface area (Å²) in [7, 11) is 8.05. The van der Waals surface area contributed by atoms with Crippen molar-refractivity contribution >= 4 is 37.2 Å². The zero-order valence-electron chi connectivity index (χ0n) is 29.5. The van der Waals surface area contributed by atoms with Gasteiger partial charge < -0.3 is 39.7 Å².